The van der Waals surface area contributed by atoms with E-state index in [1.807, 2.05) is 60.1 Å². The van der Waals surface area contributed by atoms with E-state index in [4.69, 9.17) is 4.74 Å². The topological polar surface area (TPSA) is 67.7 Å². The Morgan fingerprint density at radius 1 is 1.32 bits per heavy atom. The summed E-state index contributed by atoms with van der Waals surface area (Å²) in [5, 5.41) is 6.56. The van der Waals surface area contributed by atoms with Gasteiger partial charge in [-0.2, -0.15) is 0 Å². The van der Waals surface area contributed by atoms with Gasteiger partial charge < -0.3 is 19.8 Å². The molecule has 2 N–H and O–H groups in total. The Balaban J connectivity index is 1.46. The molecule has 1 amide bonds. The Bertz CT molecular complexity index is 982. The van der Waals surface area contributed by atoms with Crippen LogP contribution in [0.1, 0.15) is 41.4 Å². The van der Waals surface area contributed by atoms with Gasteiger partial charge >= 0.3 is 0 Å². The van der Waals surface area contributed by atoms with Crippen molar-refractivity contribution in [3.05, 3.63) is 65.6 Å². The fraction of sp³-hybridized carbons (Fsp3) is 0.364. The number of para-hydroxylation sites is 1. The molecule has 1 aromatic carbocycles. The molecule has 28 heavy (non-hydrogen) atoms. The van der Waals surface area contributed by atoms with Crippen molar-refractivity contribution in [2.75, 3.05) is 6.54 Å². The van der Waals surface area contributed by atoms with Crippen LogP contribution in [0.3, 0.4) is 0 Å². The van der Waals surface area contributed by atoms with Crippen molar-refractivity contribution in [1.82, 2.24) is 20.0 Å². The molecule has 2 unspecified atom stereocenters. The van der Waals surface area contributed by atoms with E-state index in [1.165, 1.54) is 0 Å². The van der Waals surface area contributed by atoms with Gasteiger partial charge in [-0.25, -0.2) is 4.98 Å². The summed E-state index contributed by atoms with van der Waals surface area (Å²) in [6, 6.07) is 12.0. The highest BCUT2D eigenvalue weighted by molar-refractivity contribution is 5.97. The van der Waals surface area contributed by atoms with Crippen LogP contribution in [0.2, 0.25) is 0 Å². The Morgan fingerprint density at radius 2 is 2.18 bits per heavy atom. The molecule has 1 aliphatic rings. The lowest BCUT2D eigenvalue weighted by Gasteiger charge is -2.28. The number of nitrogens with one attached hydrogen (secondary N) is 2. The Morgan fingerprint density at radius 3 is 3.00 bits per heavy atom. The number of amides is 1. The summed E-state index contributed by atoms with van der Waals surface area (Å²) in [6.07, 6.45) is 5.82. The molecule has 3 heterocycles. The van der Waals surface area contributed by atoms with Gasteiger partial charge in [-0.3, -0.25) is 4.79 Å². The second-order valence-electron chi connectivity index (χ2n) is 7.49. The maximum absolute atomic E-state index is 12.8. The van der Waals surface area contributed by atoms with E-state index in [1.54, 1.807) is 0 Å². The summed E-state index contributed by atoms with van der Waals surface area (Å²) in [6.45, 7) is 5.42. The van der Waals surface area contributed by atoms with Gasteiger partial charge in [-0.15, -0.1) is 0 Å². The third-order valence-electron chi connectivity index (χ3n) is 5.19. The van der Waals surface area contributed by atoms with Gasteiger partial charge in [0.1, 0.15) is 18.0 Å². The molecule has 6 nitrogen and oxygen atoms in total. The van der Waals surface area contributed by atoms with Gasteiger partial charge in [-0.05, 0) is 57.0 Å². The lowest BCUT2D eigenvalue weighted by atomic mass is 10.00. The van der Waals surface area contributed by atoms with Gasteiger partial charge in [0.05, 0.1) is 11.3 Å². The number of hydrogen-bond donors (Lipinski definition) is 2. The molecule has 1 aliphatic heterocycles. The number of benzene rings is 1. The Kier molecular flexibility index (Phi) is 5.30. The number of hydrogen-bond acceptors (Lipinski definition) is 4. The SMILES string of the molecule is Cc1cccn2cc(COc3ccccc3C(=O)NC3CCNC(C)C3)nc12. The lowest BCUT2D eigenvalue weighted by Crippen LogP contribution is -2.46. The maximum atomic E-state index is 12.8. The number of fused-ring (bicyclic) bond motifs is 1. The molecule has 0 aliphatic carbocycles. The molecule has 2 atom stereocenters. The minimum Gasteiger partial charge on any atom is -0.486 e. The van der Waals surface area contributed by atoms with E-state index in [0.717, 1.165) is 36.3 Å². The monoisotopic (exact) mass is 378 g/mol. The zero-order valence-electron chi connectivity index (χ0n) is 16.3. The highest BCUT2D eigenvalue weighted by Gasteiger charge is 2.22. The first-order chi connectivity index (χ1) is 13.6. The molecule has 6 heteroatoms. The highest BCUT2D eigenvalue weighted by atomic mass is 16.5. The summed E-state index contributed by atoms with van der Waals surface area (Å²) in [5.41, 5.74) is 3.43. The van der Waals surface area contributed by atoms with Crippen molar-refractivity contribution in [2.24, 2.45) is 0 Å². The fourth-order valence-corrected chi connectivity index (χ4v) is 3.73. The zero-order chi connectivity index (χ0) is 19.5. The van der Waals surface area contributed by atoms with E-state index in [-0.39, 0.29) is 11.9 Å². The van der Waals surface area contributed by atoms with Crippen LogP contribution in [-0.2, 0) is 6.61 Å². The van der Waals surface area contributed by atoms with Crippen molar-refractivity contribution in [2.45, 2.75) is 45.4 Å². The van der Waals surface area contributed by atoms with Gasteiger partial charge in [0, 0.05) is 24.5 Å². The molecule has 3 aromatic rings. The minimum atomic E-state index is -0.0828. The van der Waals surface area contributed by atoms with Crippen LogP contribution in [-0.4, -0.2) is 33.9 Å². The first kappa shape index (κ1) is 18.5. The van der Waals surface area contributed by atoms with E-state index in [2.05, 4.69) is 22.5 Å². The van der Waals surface area contributed by atoms with Crippen molar-refractivity contribution in [3.63, 3.8) is 0 Å². The predicted molar refractivity (Wildman–Crippen MR) is 109 cm³/mol. The fourth-order valence-electron chi connectivity index (χ4n) is 3.73. The summed E-state index contributed by atoms with van der Waals surface area (Å²) in [4.78, 5) is 17.4. The number of rotatable bonds is 5. The molecule has 0 spiro atoms. The number of carbonyl (C=O) groups excluding carboxylic acids is 1. The average Bonchev–Trinajstić information content (AvgIpc) is 3.11. The van der Waals surface area contributed by atoms with Crippen LogP contribution < -0.4 is 15.4 Å². The Hall–Kier alpha value is -2.86. The molecular weight excluding hydrogens is 352 g/mol. The maximum Gasteiger partial charge on any atom is 0.255 e. The molecule has 1 saturated heterocycles. The van der Waals surface area contributed by atoms with E-state index in [0.29, 0.717) is 24.0 Å². The van der Waals surface area contributed by atoms with Gasteiger partial charge in [0.15, 0.2) is 0 Å². The van der Waals surface area contributed by atoms with Gasteiger partial charge in [0.25, 0.3) is 5.91 Å². The van der Waals surface area contributed by atoms with Crippen LogP contribution in [0.25, 0.3) is 5.65 Å². The number of carbonyl (C=O) groups is 1. The number of piperidine rings is 1. The average molecular weight is 378 g/mol. The second-order valence-corrected chi connectivity index (χ2v) is 7.49. The third-order valence-corrected chi connectivity index (χ3v) is 5.19. The van der Waals surface area contributed by atoms with Crippen molar-refractivity contribution in [1.29, 1.82) is 0 Å². The number of ether oxygens (including phenoxy) is 1. The summed E-state index contributed by atoms with van der Waals surface area (Å²) in [5.74, 6) is 0.497. The first-order valence-corrected chi connectivity index (χ1v) is 9.79. The summed E-state index contributed by atoms with van der Waals surface area (Å²) >= 11 is 0. The zero-order valence-corrected chi connectivity index (χ0v) is 16.3. The lowest BCUT2D eigenvalue weighted by molar-refractivity contribution is 0.0921. The second kappa shape index (κ2) is 8.02. The van der Waals surface area contributed by atoms with E-state index in [9.17, 15) is 4.79 Å². The molecular formula is C22H26N4O2. The smallest absolute Gasteiger partial charge is 0.255 e. The third kappa shape index (κ3) is 4.02. The summed E-state index contributed by atoms with van der Waals surface area (Å²) < 4.78 is 7.97. The molecule has 0 bridgehead atoms. The van der Waals surface area contributed by atoms with Crippen LogP contribution in [0.5, 0.6) is 5.75 Å². The van der Waals surface area contributed by atoms with Crippen LogP contribution in [0, 0.1) is 6.92 Å². The van der Waals surface area contributed by atoms with Crippen molar-refractivity contribution in [3.8, 4) is 5.75 Å². The normalized spacial score (nSPS) is 19.5. The van der Waals surface area contributed by atoms with Gasteiger partial charge in [0.2, 0.25) is 0 Å². The number of pyridine rings is 1. The quantitative estimate of drug-likeness (QED) is 0.716. The van der Waals surface area contributed by atoms with Crippen molar-refractivity contribution < 1.29 is 9.53 Å². The van der Waals surface area contributed by atoms with Crippen LogP contribution >= 0.6 is 0 Å². The van der Waals surface area contributed by atoms with E-state index < -0.39 is 0 Å². The summed E-state index contributed by atoms with van der Waals surface area (Å²) in [7, 11) is 0. The van der Waals surface area contributed by atoms with E-state index >= 15 is 0 Å². The van der Waals surface area contributed by atoms with Crippen molar-refractivity contribution >= 4 is 11.6 Å². The molecule has 0 radical (unpaired) electrons. The minimum absolute atomic E-state index is 0.0828. The van der Waals surface area contributed by atoms with Crippen LogP contribution in [0.4, 0.5) is 0 Å². The number of imidazole rings is 1. The Labute approximate surface area is 164 Å². The molecule has 4 rings (SSSR count). The number of aryl methyl sites for hydroxylation is 1. The van der Waals surface area contributed by atoms with Gasteiger partial charge in [-0.1, -0.05) is 18.2 Å². The molecule has 2 aromatic heterocycles. The highest BCUT2D eigenvalue weighted by Crippen LogP contribution is 2.21. The van der Waals surface area contributed by atoms with Crippen LogP contribution in [0.15, 0.2) is 48.8 Å². The number of nitrogens with zero attached hydrogens (tertiary/aromatic N) is 2. The standard InChI is InChI=1S/C22H26N4O2/c1-15-6-5-11-26-13-18(24-21(15)26)14-28-20-8-4-3-7-19(20)22(27)25-17-9-10-23-16(2)12-17/h3-8,11,13,16-17,23H,9-10,12,14H2,1-2H3,(H,25,27). The molecule has 0 saturated carbocycles. The largest absolute Gasteiger partial charge is 0.486 e. The predicted octanol–water partition coefficient (Wildman–Crippen LogP) is 3.09. The molecule has 1 fully saturated rings. The first-order valence-electron chi connectivity index (χ1n) is 9.79. The number of aromatic nitrogens is 2. The molecule has 146 valence electrons.